The Bertz CT molecular complexity index is 1120. The number of H-pyrrole nitrogens is 2. The van der Waals surface area contributed by atoms with E-state index in [1.807, 2.05) is 18.2 Å². The largest absolute Gasteiger partial charge is 0.488 e. The van der Waals surface area contributed by atoms with Crippen LogP contribution in [0.1, 0.15) is 5.56 Å². The summed E-state index contributed by atoms with van der Waals surface area (Å²) in [6, 6.07) is 10.6. The number of benzene rings is 2. The average molecular weight is 368 g/mol. The quantitative estimate of drug-likeness (QED) is 0.619. The maximum absolute atomic E-state index is 12.1. The van der Waals surface area contributed by atoms with Crippen LogP contribution in [-0.4, -0.2) is 22.5 Å². The third kappa shape index (κ3) is 3.41. The molecule has 2 heterocycles. The maximum Gasteiger partial charge on any atom is 0.323 e. The van der Waals surface area contributed by atoms with Gasteiger partial charge in [-0.15, -0.1) is 0 Å². The first-order chi connectivity index (χ1) is 12.6. The van der Waals surface area contributed by atoms with Crippen LogP contribution in [0.5, 0.6) is 5.75 Å². The molecule has 0 saturated heterocycles. The highest BCUT2D eigenvalue weighted by atomic mass is 35.5. The van der Waals surface area contributed by atoms with Crippen molar-refractivity contribution in [2.45, 2.75) is 0 Å². The molecule has 6 nitrogen and oxygen atoms in total. The van der Waals surface area contributed by atoms with Gasteiger partial charge in [0.05, 0.1) is 11.0 Å². The minimum Gasteiger partial charge on any atom is -0.488 e. The van der Waals surface area contributed by atoms with Crippen molar-refractivity contribution in [1.29, 1.82) is 0 Å². The lowest BCUT2D eigenvalue weighted by atomic mass is 10.1. The molecule has 7 heteroatoms. The molecule has 0 unspecified atom stereocenters. The van der Waals surface area contributed by atoms with E-state index in [1.54, 1.807) is 30.3 Å². The van der Waals surface area contributed by atoms with Crippen LogP contribution in [0.3, 0.4) is 0 Å². The number of fused-ring (bicyclic) bond motifs is 2. The molecular weight excluding hydrogens is 354 g/mol. The predicted octanol–water partition coefficient (Wildman–Crippen LogP) is 3.48. The van der Waals surface area contributed by atoms with Gasteiger partial charge in [0.25, 0.3) is 0 Å². The van der Waals surface area contributed by atoms with Crippen molar-refractivity contribution < 1.29 is 9.53 Å². The molecule has 0 fully saturated rings. The SMILES string of the molecule is O=C(/C=C/C1=Cc2cc(Cl)ccc2OC1)Nc1ccc2[nH]c(=O)[nH]c2c1. The second-order valence-electron chi connectivity index (χ2n) is 5.85. The van der Waals surface area contributed by atoms with Gasteiger partial charge in [-0.1, -0.05) is 17.7 Å². The number of anilines is 1. The lowest BCUT2D eigenvalue weighted by molar-refractivity contribution is -0.111. The first-order valence-corrected chi connectivity index (χ1v) is 8.29. The average Bonchev–Trinajstić information content (AvgIpc) is 2.99. The van der Waals surface area contributed by atoms with Gasteiger partial charge in [-0.25, -0.2) is 4.79 Å². The van der Waals surface area contributed by atoms with E-state index in [9.17, 15) is 9.59 Å². The number of amides is 1. The van der Waals surface area contributed by atoms with Crippen molar-refractivity contribution in [1.82, 2.24) is 9.97 Å². The molecule has 0 saturated carbocycles. The Balaban J connectivity index is 1.48. The van der Waals surface area contributed by atoms with Crippen LogP contribution in [-0.2, 0) is 4.79 Å². The summed E-state index contributed by atoms with van der Waals surface area (Å²) in [5.74, 6) is 0.491. The Kier molecular flexibility index (Phi) is 4.10. The van der Waals surface area contributed by atoms with Crippen molar-refractivity contribution >= 4 is 40.3 Å². The van der Waals surface area contributed by atoms with E-state index in [0.29, 0.717) is 28.4 Å². The third-order valence-corrected chi connectivity index (χ3v) is 4.17. The number of hydrogen-bond acceptors (Lipinski definition) is 3. The molecule has 0 aliphatic carbocycles. The van der Waals surface area contributed by atoms with E-state index in [4.69, 9.17) is 16.3 Å². The minimum atomic E-state index is -0.284. The first-order valence-electron chi connectivity index (χ1n) is 7.91. The van der Waals surface area contributed by atoms with E-state index >= 15 is 0 Å². The molecule has 1 aliphatic heterocycles. The number of aromatic nitrogens is 2. The van der Waals surface area contributed by atoms with Crippen LogP contribution < -0.4 is 15.7 Å². The Labute approximate surface area is 153 Å². The summed E-state index contributed by atoms with van der Waals surface area (Å²) in [6.45, 7) is 0.384. The van der Waals surface area contributed by atoms with Crippen molar-refractivity contribution in [3.8, 4) is 5.75 Å². The van der Waals surface area contributed by atoms with Gasteiger partial charge in [0.2, 0.25) is 5.91 Å². The molecule has 26 heavy (non-hydrogen) atoms. The first kappa shape index (κ1) is 16.2. The fourth-order valence-electron chi connectivity index (χ4n) is 2.74. The highest BCUT2D eigenvalue weighted by molar-refractivity contribution is 6.30. The topological polar surface area (TPSA) is 87.0 Å². The number of hydrogen-bond donors (Lipinski definition) is 3. The van der Waals surface area contributed by atoms with Gasteiger partial charge in [0.1, 0.15) is 12.4 Å². The number of imidazole rings is 1. The van der Waals surface area contributed by atoms with Gasteiger partial charge in [-0.05, 0) is 48.0 Å². The number of carbonyl (C=O) groups is 1. The normalized spacial score (nSPS) is 13.3. The predicted molar refractivity (Wildman–Crippen MR) is 102 cm³/mol. The zero-order valence-corrected chi connectivity index (χ0v) is 14.3. The summed E-state index contributed by atoms with van der Waals surface area (Å²) in [7, 11) is 0. The van der Waals surface area contributed by atoms with Crippen molar-refractivity contribution in [3.05, 3.63) is 75.2 Å². The van der Waals surface area contributed by atoms with Gasteiger partial charge in [-0.2, -0.15) is 0 Å². The van der Waals surface area contributed by atoms with Crippen LogP contribution in [0.2, 0.25) is 5.02 Å². The fourth-order valence-corrected chi connectivity index (χ4v) is 2.92. The van der Waals surface area contributed by atoms with E-state index in [-0.39, 0.29) is 11.6 Å². The van der Waals surface area contributed by atoms with E-state index in [0.717, 1.165) is 16.9 Å². The zero-order chi connectivity index (χ0) is 18.1. The number of carbonyl (C=O) groups excluding carboxylic acids is 1. The van der Waals surface area contributed by atoms with Crippen LogP contribution in [0, 0.1) is 0 Å². The molecule has 130 valence electrons. The van der Waals surface area contributed by atoms with Crippen LogP contribution in [0.25, 0.3) is 17.1 Å². The molecule has 0 bridgehead atoms. The standard InChI is InChI=1S/C19H14ClN3O3/c20-13-2-5-17-12(8-13)7-11(10-26-17)1-6-18(24)21-14-3-4-15-16(9-14)23-19(25)22-15/h1-9H,10H2,(H,21,24)(H2,22,23,25)/b6-1+. The molecule has 3 aromatic rings. The lowest BCUT2D eigenvalue weighted by Gasteiger charge is -2.16. The highest BCUT2D eigenvalue weighted by Gasteiger charge is 2.10. The number of nitrogens with one attached hydrogen (secondary N) is 3. The maximum atomic E-state index is 12.1. The zero-order valence-electron chi connectivity index (χ0n) is 13.5. The van der Waals surface area contributed by atoms with Crippen LogP contribution in [0.15, 0.2) is 58.9 Å². The molecule has 1 aliphatic rings. The molecular formula is C19H14ClN3O3. The molecule has 4 rings (SSSR count). The summed E-state index contributed by atoms with van der Waals surface area (Å²) in [4.78, 5) is 28.7. The molecule has 0 spiro atoms. The van der Waals surface area contributed by atoms with E-state index in [2.05, 4.69) is 15.3 Å². The Morgan fingerprint density at radius 1 is 1.15 bits per heavy atom. The molecule has 0 atom stereocenters. The lowest BCUT2D eigenvalue weighted by Crippen LogP contribution is -2.09. The summed E-state index contributed by atoms with van der Waals surface area (Å²) in [5, 5.41) is 3.39. The molecule has 0 radical (unpaired) electrons. The second kappa shape index (κ2) is 6.57. The smallest absolute Gasteiger partial charge is 0.323 e. The Hall–Kier alpha value is -3.25. The van der Waals surface area contributed by atoms with Gasteiger partial charge in [-0.3, -0.25) is 4.79 Å². The Morgan fingerprint density at radius 2 is 2.00 bits per heavy atom. The van der Waals surface area contributed by atoms with Gasteiger partial charge < -0.3 is 20.0 Å². The molecule has 1 amide bonds. The van der Waals surface area contributed by atoms with Gasteiger partial charge >= 0.3 is 5.69 Å². The number of rotatable bonds is 3. The van der Waals surface area contributed by atoms with E-state index in [1.165, 1.54) is 6.08 Å². The monoisotopic (exact) mass is 367 g/mol. The highest BCUT2D eigenvalue weighted by Crippen LogP contribution is 2.29. The molecule has 1 aromatic heterocycles. The number of ether oxygens (including phenoxy) is 1. The summed E-state index contributed by atoms with van der Waals surface area (Å²) < 4.78 is 5.65. The summed E-state index contributed by atoms with van der Waals surface area (Å²) >= 11 is 5.99. The summed E-state index contributed by atoms with van der Waals surface area (Å²) in [6.07, 6.45) is 5.08. The minimum absolute atomic E-state index is 0.278. The second-order valence-corrected chi connectivity index (χ2v) is 6.29. The van der Waals surface area contributed by atoms with Crippen molar-refractivity contribution in [3.63, 3.8) is 0 Å². The summed E-state index contributed by atoms with van der Waals surface area (Å²) in [5.41, 5.74) is 3.37. The Morgan fingerprint density at radius 3 is 2.88 bits per heavy atom. The van der Waals surface area contributed by atoms with Crippen molar-refractivity contribution in [2.75, 3.05) is 11.9 Å². The van der Waals surface area contributed by atoms with Crippen LogP contribution in [0.4, 0.5) is 5.69 Å². The third-order valence-electron chi connectivity index (χ3n) is 3.94. The van der Waals surface area contributed by atoms with Gasteiger partial charge in [0.15, 0.2) is 0 Å². The number of halogens is 1. The molecule has 3 N–H and O–H groups in total. The number of aromatic amines is 2. The van der Waals surface area contributed by atoms with E-state index < -0.39 is 0 Å². The molecule has 2 aromatic carbocycles. The van der Waals surface area contributed by atoms with Crippen LogP contribution >= 0.6 is 11.6 Å². The fraction of sp³-hybridized carbons (Fsp3) is 0.0526. The van der Waals surface area contributed by atoms with Crippen molar-refractivity contribution in [2.24, 2.45) is 0 Å². The van der Waals surface area contributed by atoms with Gasteiger partial charge in [0, 0.05) is 22.3 Å².